The summed E-state index contributed by atoms with van der Waals surface area (Å²) in [5.41, 5.74) is 11.0. The van der Waals surface area contributed by atoms with Crippen molar-refractivity contribution in [1.29, 1.82) is 0 Å². The number of nitrogens with zero attached hydrogens (tertiary/aromatic N) is 4. The average Bonchev–Trinajstić information content (AvgIpc) is 3.28. The van der Waals surface area contributed by atoms with E-state index >= 15 is 0 Å². The topological polar surface area (TPSA) is 52.7 Å². The van der Waals surface area contributed by atoms with Crippen LogP contribution in [0.4, 0.5) is 0 Å². The molecule has 7 rings (SSSR count). The number of benzene rings is 5. The summed E-state index contributed by atoms with van der Waals surface area (Å²) in [5, 5.41) is 0. The number of imidazole rings is 1. The molecule has 5 aromatic carbocycles. The van der Waals surface area contributed by atoms with Crippen LogP contribution < -0.4 is 5.69 Å². The molecule has 2 aromatic heterocycles. The molecule has 202 valence electrons. The molecule has 42 heavy (non-hydrogen) atoms. The summed E-state index contributed by atoms with van der Waals surface area (Å²) in [6, 6.07) is 45.6. The van der Waals surface area contributed by atoms with E-state index < -0.39 is 0 Å². The van der Waals surface area contributed by atoms with Gasteiger partial charge in [0, 0.05) is 30.8 Å². The highest BCUT2D eigenvalue weighted by molar-refractivity contribution is 5.83. The fourth-order valence-corrected chi connectivity index (χ4v) is 5.44. The number of hydrogen-bond donors (Lipinski definition) is 0. The summed E-state index contributed by atoms with van der Waals surface area (Å²) in [6.07, 6.45) is 0. The van der Waals surface area contributed by atoms with E-state index in [1.54, 1.807) is 16.2 Å². The molecule has 0 N–H and O–H groups in total. The SMILES string of the molecule is Cn1c(=O)n(C)c2cc(-c3ccc(-c4cc(-c5ccccc5)nc(-c5ccc(-c6ccccc6)cc5)n4)cc3)ccc21. The molecule has 5 heteroatoms. The Morgan fingerprint density at radius 1 is 0.429 bits per heavy atom. The van der Waals surface area contributed by atoms with Crippen molar-refractivity contribution in [3.8, 4) is 56.2 Å². The molecular formula is C37H28N4O. The zero-order valence-electron chi connectivity index (χ0n) is 23.4. The lowest BCUT2D eigenvalue weighted by Crippen LogP contribution is -2.19. The van der Waals surface area contributed by atoms with E-state index in [9.17, 15) is 4.79 Å². The number of hydrogen-bond acceptors (Lipinski definition) is 3. The third-order valence-electron chi connectivity index (χ3n) is 7.83. The van der Waals surface area contributed by atoms with Gasteiger partial charge in [0.1, 0.15) is 0 Å². The molecule has 7 aromatic rings. The summed E-state index contributed by atoms with van der Waals surface area (Å²) >= 11 is 0. The van der Waals surface area contributed by atoms with Gasteiger partial charge in [0.25, 0.3) is 0 Å². The molecule has 0 saturated heterocycles. The molecule has 0 aliphatic carbocycles. The molecular weight excluding hydrogens is 516 g/mol. The zero-order chi connectivity index (χ0) is 28.6. The second kappa shape index (κ2) is 10.5. The Labute approximate surface area is 244 Å². The van der Waals surface area contributed by atoms with Gasteiger partial charge in [-0.1, -0.05) is 115 Å². The Hall–Kier alpha value is -5.55. The maximum absolute atomic E-state index is 12.4. The highest BCUT2D eigenvalue weighted by Gasteiger charge is 2.13. The largest absolute Gasteiger partial charge is 0.328 e. The van der Waals surface area contributed by atoms with Crippen molar-refractivity contribution in [2.75, 3.05) is 0 Å². The number of aromatic nitrogens is 4. The normalized spacial score (nSPS) is 11.2. The third kappa shape index (κ3) is 4.61. The standard InChI is InChI=1S/C37H28N4O/c1-40-34-22-21-31(23-35(34)41(2)37(40)42)27-13-17-29(18-14-27)33-24-32(28-11-7-4-8-12-28)38-36(39-33)30-19-15-26(16-20-30)25-9-5-3-6-10-25/h3-24H,1-2H3. The smallest absolute Gasteiger partial charge is 0.295 e. The molecule has 0 saturated carbocycles. The lowest BCUT2D eigenvalue weighted by Gasteiger charge is -2.11. The van der Waals surface area contributed by atoms with Crippen LogP contribution in [0.3, 0.4) is 0 Å². The highest BCUT2D eigenvalue weighted by Crippen LogP contribution is 2.31. The van der Waals surface area contributed by atoms with Crippen LogP contribution in [0.25, 0.3) is 67.2 Å². The highest BCUT2D eigenvalue weighted by atomic mass is 16.1. The van der Waals surface area contributed by atoms with E-state index in [1.165, 1.54) is 5.56 Å². The number of fused-ring (bicyclic) bond motifs is 1. The van der Waals surface area contributed by atoms with Gasteiger partial charge in [-0.25, -0.2) is 14.8 Å². The summed E-state index contributed by atoms with van der Waals surface area (Å²) in [6.45, 7) is 0. The van der Waals surface area contributed by atoms with Crippen molar-refractivity contribution < 1.29 is 0 Å². The Kier molecular flexibility index (Phi) is 6.32. The van der Waals surface area contributed by atoms with Gasteiger partial charge in [-0.2, -0.15) is 0 Å². The molecule has 0 aliphatic heterocycles. The molecule has 0 amide bonds. The monoisotopic (exact) mass is 544 g/mol. The summed E-state index contributed by atoms with van der Waals surface area (Å²) in [7, 11) is 3.61. The zero-order valence-corrected chi connectivity index (χ0v) is 23.4. The van der Waals surface area contributed by atoms with Gasteiger partial charge in [0.2, 0.25) is 0 Å². The van der Waals surface area contributed by atoms with Crippen LogP contribution in [0.1, 0.15) is 0 Å². The Bertz CT molecular complexity index is 2090. The van der Waals surface area contributed by atoms with E-state index in [2.05, 4.69) is 103 Å². The average molecular weight is 545 g/mol. The first-order chi connectivity index (χ1) is 20.5. The fraction of sp³-hybridized carbons (Fsp3) is 0.0541. The van der Waals surface area contributed by atoms with E-state index in [0.29, 0.717) is 5.82 Å². The van der Waals surface area contributed by atoms with Gasteiger partial charge in [-0.05, 0) is 40.5 Å². The van der Waals surface area contributed by atoms with Gasteiger partial charge >= 0.3 is 5.69 Å². The first-order valence-corrected chi connectivity index (χ1v) is 13.9. The molecule has 0 aliphatic rings. The van der Waals surface area contributed by atoms with Crippen molar-refractivity contribution in [3.63, 3.8) is 0 Å². The van der Waals surface area contributed by atoms with Gasteiger partial charge in [-0.15, -0.1) is 0 Å². The van der Waals surface area contributed by atoms with Crippen molar-refractivity contribution in [1.82, 2.24) is 19.1 Å². The molecule has 0 radical (unpaired) electrons. The van der Waals surface area contributed by atoms with Crippen LogP contribution >= 0.6 is 0 Å². The van der Waals surface area contributed by atoms with Crippen molar-refractivity contribution >= 4 is 11.0 Å². The van der Waals surface area contributed by atoms with Crippen molar-refractivity contribution in [2.24, 2.45) is 14.1 Å². The fourth-order valence-electron chi connectivity index (χ4n) is 5.44. The van der Waals surface area contributed by atoms with Gasteiger partial charge < -0.3 is 0 Å². The van der Waals surface area contributed by atoms with Crippen molar-refractivity contribution in [3.05, 3.63) is 144 Å². The summed E-state index contributed by atoms with van der Waals surface area (Å²) in [5.74, 6) is 0.686. The summed E-state index contributed by atoms with van der Waals surface area (Å²) < 4.78 is 3.36. The molecule has 2 heterocycles. The van der Waals surface area contributed by atoms with Gasteiger partial charge in [0.05, 0.1) is 22.4 Å². The van der Waals surface area contributed by atoms with Gasteiger partial charge in [-0.3, -0.25) is 9.13 Å². The molecule has 0 spiro atoms. The van der Waals surface area contributed by atoms with Crippen molar-refractivity contribution in [2.45, 2.75) is 0 Å². The minimum atomic E-state index is -0.0269. The first-order valence-electron chi connectivity index (χ1n) is 13.9. The quantitative estimate of drug-likeness (QED) is 0.221. The molecule has 0 atom stereocenters. The molecule has 0 bridgehead atoms. The lowest BCUT2D eigenvalue weighted by molar-refractivity contribution is 0.795. The van der Waals surface area contributed by atoms with Crippen LogP contribution in [0.5, 0.6) is 0 Å². The van der Waals surface area contributed by atoms with Crippen LogP contribution in [0.15, 0.2) is 138 Å². The van der Waals surface area contributed by atoms with E-state index in [0.717, 1.165) is 55.8 Å². The second-order valence-electron chi connectivity index (χ2n) is 10.5. The maximum atomic E-state index is 12.4. The predicted octanol–water partition coefficient (Wildman–Crippen LogP) is 8.00. The Balaban J connectivity index is 1.27. The van der Waals surface area contributed by atoms with Crippen LogP contribution in [0.2, 0.25) is 0 Å². The van der Waals surface area contributed by atoms with Crippen LogP contribution in [-0.2, 0) is 14.1 Å². The molecule has 0 unspecified atom stereocenters. The minimum absolute atomic E-state index is 0.0269. The summed E-state index contributed by atoms with van der Waals surface area (Å²) in [4.78, 5) is 22.4. The minimum Gasteiger partial charge on any atom is -0.295 e. The first kappa shape index (κ1) is 25.4. The molecule has 0 fully saturated rings. The van der Waals surface area contributed by atoms with E-state index in [4.69, 9.17) is 9.97 Å². The maximum Gasteiger partial charge on any atom is 0.328 e. The predicted molar refractivity (Wildman–Crippen MR) is 171 cm³/mol. The van der Waals surface area contributed by atoms with E-state index in [1.807, 2.05) is 37.4 Å². The van der Waals surface area contributed by atoms with Gasteiger partial charge in [0.15, 0.2) is 5.82 Å². The second-order valence-corrected chi connectivity index (χ2v) is 10.5. The third-order valence-corrected chi connectivity index (χ3v) is 7.83. The lowest BCUT2D eigenvalue weighted by atomic mass is 10.0. The number of aryl methyl sites for hydroxylation is 2. The molecule has 5 nitrogen and oxygen atoms in total. The Morgan fingerprint density at radius 2 is 0.857 bits per heavy atom. The van der Waals surface area contributed by atoms with E-state index in [-0.39, 0.29) is 5.69 Å². The van der Waals surface area contributed by atoms with Crippen LogP contribution in [-0.4, -0.2) is 19.1 Å². The van der Waals surface area contributed by atoms with Crippen LogP contribution in [0, 0.1) is 0 Å². The Morgan fingerprint density at radius 3 is 1.48 bits per heavy atom. The number of rotatable bonds is 5.